The van der Waals surface area contributed by atoms with Crippen LogP contribution in [0.5, 0.6) is 0 Å². The zero-order valence-electron chi connectivity index (χ0n) is 20.1. The molecule has 6 rings (SSSR count). The number of fused-ring (bicyclic) bond motifs is 1. The van der Waals surface area contributed by atoms with Crippen molar-refractivity contribution in [1.29, 1.82) is 0 Å². The second-order valence-corrected chi connectivity index (χ2v) is 11.2. The van der Waals surface area contributed by atoms with E-state index >= 15 is 0 Å². The Morgan fingerprint density at radius 2 is 1.89 bits per heavy atom. The Labute approximate surface area is 202 Å². The van der Waals surface area contributed by atoms with Gasteiger partial charge in [-0.3, -0.25) is 24.5 Å². The zero-order valence-corrected chi connectivity index (χ0v) is 20.1. The normalized spacial score (nSPS) is 28.9. The standard InChI is InChI=1S/C25H29N3O7/c1-23(2,3)35-21(32)24-11-25(12-24,13-24)27-22(33)34-10-14-4-5-15-9-28(20(31)16(15)8-14)17-6-7-18(29)26-19(17)30/h4-5,8,17H,6-7,9-13H2,1-3H3,(H,27,33)(H,26,29,30). The third-order valence-corrected chi connectivity index (χ3v) is 7.19. The van der Waals surface area contributed by atoms with Crippen LogP contribution in [0.15, 0.2) is 18.2 Å². The molecule has 35 heavy (non-hydrogen) atoms. The summed E-state index contributed by atoms with van der Waals surface area (Å²) in [6, 6.07) is 4.58. The summed E-state index contributed by atoms with van der Waals surface area (Å²) in [5, 5.41) is 5.16. The molecule has 1 aromatic rings. The summed E-state index contributed by atoms with van der Waals surface area (Å²) in [5.41, 5.74) is 0.464. The van der Waals surface area contributed by atoms with Gasteiger partial charge in [0.15, 0.2) is 0 Å². The first-order valence-corrected chi connectivity index (χ1v) is 11.8. The van der Waals surface area contributed by atoms with Crippen molar-refractivity contribution in [2.24, 2.45) is 5.41 Å². The minimum Gasteiger partial charge on any atom is -0.460 e. The van der Waals surface area contributed by atoms with E-state index in [-0.39, 0.29) is 30.8 Å². The first-order chi connectivity index (χ1) is 16.4. The molecule has 2 aliphatic heterocycles. The van der Waals surface area contributed by atoms with Crippen molar-refractivity contribution in [2.75, 3.05) is 0 Å². The number of hydrogen-bond donors (Lipinski definition) is 2. The van der Waals surface area contributed by atoms with Gasteiger partial charge in [0.25, 0.3) is 5.91 Å². The second kappa shape index (κ2) is 7.79. The Morgan fingerprint density at radius 1 is 1.17 bits per heavy atom. The Hall–Kier alpha value is -3.43. The maximum absolute atomic E-state index is 12.9. The molecule has 1 atom stereocenters. The quantitative estimate of drug-likeness (QED) is 0.483. The molecular formula is C25H29N3O7. The van der Waals surface area contributed by atoms with Gasteiger partial charge in [-0.05, 0) is 63.6 Å². The highest BCUT2D eigenvalue weighted by Crippen LogP contribution is 2.67. The van der Waals surface area contributed by atoms with Crippen molar-refractivity contribution in [2.45, 2.75) is 83.2 Å². The molecule has 1 aromatic carbocycles. The summed E-state index contributed by atoms with van der Waals surface area (Å²) in [4.78, 5) is 62.8. The minimum absolute atomic E-state index is 0.0158. The van der Waals surface area contributed by atoms with E-state index in [4.69, 9.17) is 9.47 Å². The van der Waals surface area contributed by atoms with Crippen molar-refractivity contribution in [3.63, 3.8) is 0 Å². The molecule has 0 radical (unpaired) electrons. The molecule has 4 fully saturated rings. The highest BCUT2D eigenvalue weighted by atomic mass is 16.6. The number of nitrogens with one attached hydrogen (secondary N) is 2. The highest BCUT2D eigenvalue weighted by Gasteiger charge is 2.73. The molecule has 5 aliphatic rings. The number of carbonyl (C=O) groups excluding carboxylic acids is 5. The fraction of sp³-hybridized carbons (Fsp3) is 0.560. The smallest absolute Gasteiger partial charge is 0.407 e. The van der Waals surface area contributed by atoms with Crippen LogP contribution in [0.4, 0.5) is 4.79 Å². The maximum atomic E-state index is 12.9. The molecule has 0 spiro atoms. The van der Waals surface area contributed by atoms with Gasteiger partial charge < -0.3 is 19.7 Å². The number of piperidine rings is 1. The number of esters is 1. The minimum atomic E-state index is -0.671. The van der Waals surface area contributed by atoms with Crippen LogP contribution < -0.4 is 10.6 Å². The summed E-state index contributed by atoms with van der Waals surface area (Å²) in [7, 11) is 0. The van der Waals surface area contributed by atoms with E-state index < -0.39 is 34.6 Å². The lowest BCUT2D eigenvalue weighted by Crippen LogP contribution is -2.77. The SMILES string of the molecule is CC(C)(C)OC(=O)C12CC(NC(=O)OCc3ccc4c(c3)C(=O)N(C3CCC(=O)NC3=O)C4)(C1)C2. The molecule has 2 bridgehead atoms. The van der Waals surface area contributed by atoms with E-state index in [9.17, 15) is 24.0 Å². The van der Waals surface area contributed by atoms with Crippen LogP contribution in [0.3, 0.4) is 0 Å². The predicted octanol–water partition coefficient (Wildman–Crippen LogP) is 1.94. The van der Waals surface area contributed by atoms with E-state index in [0.717, 1.165) is 5.56 Å². The zero-order chi connectivity index (χ0) is 25.2. The van der Waals surface area contributed by atoms with E-state index in [1.165, 1.54) is 4.90 Å². The molecule has 10 nitrogen and oxygen atoms in total. The van der Waals surface area contributed by atoms with Gasteiger partial charge in [0.2, 0.25) is 11.8 Å². The lowest BCUT2D eigenvalue weighted by Gasteiger charge is -2.68. The number of amides is 4. The van der Waals surface area contributed by atoms with Crippen molar-refractivity contribution in [3.8, 4) is 0 Å². The number of ether oxygens (including phenoxy) is 2. The van der Waals surface area contributed by atoms with Crippen LogP contribution in [-0.2, 0) is 37.0 Å². The van der Waals surface area contributed by atoms with Gasteiger partial charge >= 0.3 is 12.1 Å². The first-order valence-electron chi connectivity index (χ1n) is 11.8. The Balaban J connectivity index is 1.13. The predicted molar refractivity (Wildman–Crippen MR) is 121 cm³/mol. The number of imide groups is 1. The largest absolute Gasteiger partial charge is 0.460 e. The van der Waals surface area contributed by atoms with Crippen molar-refractivity contribution in [3.05, 3.63) is 34.9 Å². The van der Waals surface area contributed by atoms with Gasteiger partial charge in [-0.2, -0.15) is 0 Å². The van der Waals surface area contributed by atoms with Gasteiger partial charge in [-0.1, -0.05) is 12.1 Å². The number of hydrogen-bond acceptors (Lipinski definition) is 7. The third kappa shape index (κ3) is 4.15. The first kappa shape index (κ1) is 23.3. The molecule has 2 heterocycles. The van der Waals surface area contributed by atoms with Crippen LogP contribution in [0, 0.1) is 5.41 Å². The van der Waals surface area contributed by atoms with Gasteiger partial charge in [0, 0.05) is 24.1 Å². The average Bonchev–Trinajstić information content (AvgIpc) is 3.02. The number of rotatable bonds is 5. The van der Waals surface area contributed by atoms with Crippen LogP contribution in [0.1, 0.15) is 74.4 Å². The maximum Gasteiger partial charge on any atom is 0.407 e. The van der Waals surface area contributed by atoms with Crippen molar-refractivity contribution < 1.29 is 33.4 Å². The lowest BCUT2D eigenvalue weighted by molar-refractivity contribution is -0.212. The number of benzene rings is 1. The molecule has 1 saturated heterocycles. The monoisotopic (exact) mass is 483 g/mol. The van der Waals surface area contributed by atoms with Gasteiger partial charge in [0.05, 0.1) is 5.41 Å². The molecule has 10 heteroatoms. The third-order valence-electron chi connectivity index (χ3n) is 7.19. The van der Waals surface area contributed by atoms with E-state index in [1.807, 2.05) is 20.8 Å². The van der Waals surface area contributed by atoms with Crippen LogP contribution in [0.25, 0.3) is 0 Å². The Morgan fingerprint density at radius 3 is 2.54 bits per heavy atom. The average molecular weight is 484 g/mol. The van der Waals surface area contributed by atoms with Crippen LogP contribution >= 0.6 is 0 Å². The van der Waals surface area contributed by atoms with Gasteiger partial charge in [0.1, 0.15) is 18.2 Å². The summed E-state index contributed by atoms with van der Waals surface area (Å²) >= 11 is 0. The number of alkyl carbamates (subject to hydrolysis) is 1. The van der Waals surface area contributed by atoms with E-state index in [1.54, 1.807) is 18.2 Å². The number of carbonyl (C=O) groups is 5. The topological polar surface area (TPSA) is 131 Å². The molecular weight excluding hydrogens is 454 g/mol. The Bertz CT molecular complexity index is 1130. The van der Waals surface area contributed by atoms with Gasteiger partial charge in [-0.15, -0.1) is 0 Å². The molecule has 2 N–H and O–H groups in total. The summed E-state index contributed by atoms with van der Waals surface area (Å²) in [5.74, 6) is -1.27. The molecule has 1 unspecified atom stereocenters. The van der Waals surface area contributed by atoms with Crippen molar-refractivity contribution in [1.82, 2.24) is 15.5 Å². The molecule has 186 valence electrons. The second-order valence-electron chi connectivity index (χ2n) is 11.2. The van der Waals surface area contributed by atoms with E-state index in [2.05, 4.69) is 10.6 Å². The van der Waals surface area contributed by atoms with Crippen LogP contribution in [0.2, 0.25) is 0 Å². The lowest BCUT2D eigenvalue weighted by atomic mass is 9.39. The van der Waals surface area contributed by atoms with Gasteiger partial charge in [-0.25, -0.2) is 4.79 Å². The van der Waals surface area contributed by atoms with Crippen LogP contribution in [-0.4, -0.2) is 51.9 Å². The molecule has 4 amide bonds. The van der Waals surface area contributed by atoms with Crippen molar-refractivity contribution >= 4 is 29.8 Å². The van der Waals surface area contributed by atoms with E-state index in [0.29, 0.717) is 43.4 Å². The summed E-state index contributed by atoms with van der Waals surface area (Å²) < 4.78 is 10.9. The fourth-order valence-corrected chi connectivity index (χ4v) is 5.62. The molecule has 0 aromatic heterocycles. The number of nitrogens with zero attached hydrogens (tertiary/aromatic N) is 1. The molecule has 3 aliphatic carbocycles. The fourth-order valence-electron chi connectivity index (χ4n) is 5.62. The highest BCUT2D eigenvalue weighted by molar-refractivity contribution is 6.05. The molecule has 3 saturated carbocycles. The Kier molecular flexibility index (Phi) is 5.19. The summed E-state index contributed by atoms with van der Waals surface area (Å²) in [6.07, 6.45) is 1.58. The summed E-state index contributed by atoms with van der Waals surface area (Å²) in [6.45, 7) is 5.78.